The Morgan fingerprint density at radius 2 is 2.24 bits per heavy atom. The van der Waals surface area contributed by atoms with Crippen molar-refractivity contribution in [3.05, 3.63) is 18.2 Å². The number of hydrogen-bond donors (Lipinski definition) is 2. The van der Waals surface area contributed by atoms with Gasteiger partial charge >= 0.3 is 0 Å². The predicted molar refractivity (Wildman–Crippen MR) is 69.5 cm³/mol. The molecule has 1 aromatic carbocycles. The summed E-state index contributed by atoms with van der Waals surface area (Å²) in [5, 5.41) is 10.1. The van der Waals surface area contributed by atoms with Crippen molar-refractivity contribution in [1.29, 1.82) is 0 Å². The SMILES string of the molecule is COc1ccc(N)c(N2CCCC(C)(O)C2)c1. The fraction of sp³-hybridized carbons (Fsp3) is 0.538. The summed E-state index contributed by atoms with van der Waals surface area (Å²) in [6.45, 7) is 3.41. The van der Waals surface area contributed by atoms with E-state index in [-0.39, 0.29) is 0 Å². The average molecular weight is 236 g/mol. The fourth-order valence-corrected chi connectivity index (χ4v) is 2.35. The van der Waals surface area contributed by atoms with Gasteiger partial charge in [0.05, 0.1) is 24.1 Å². The number of β-amino-alcohol motifs (C(OH)–C–C–N with tert-alkyl or cyclic N) is 1. The number of hydrogen-bond acceptors (Lipinski definition) is 4. The standard InChI is InChI=1S/C13H20N2O2/c1-13(16)6-3-7-15(9-13)12-8-10(17-2)4-5-11(12)14/h4-5,8,16H,3,6-7,9,14H2,1-2H3. The molecule has 4 nitrogen and oxygen atoms in total. The van der Waals surface area contributed by atoms with Crippen LogP contribution >= 0.6 is 0 Å². The van der Waals surface area contributed by atoms with E-state index in [4.69, 9.17) is 10.5 Å². The fourth-order valence-electron chi connectivity index (χ4n) is 2.35. The van der Waals surface area contributed by atoms with E-state index in [1.165, 1.54) is 0 Å². The molecule has 1 aromatic rings. The molecule has 1 saturated heterocycles. The maximum Gasteiger partial charge on any atom is 0.121 e. The Bertz CT molecular complexity index is 404. The minimum Gasteiger partial charge on any atom is -0.497 e. The van der Waals surface area contributed by atoms with Crippen LogP contribution in [0.4, 0.5) is 11.4 Å². The van der Waals surface area contributed by atoms with Gasteiger partial charge in [-0.3, -0.25) is 0 Å². The van der Waals surface area contributed by atoms with Crippen LogP contribution in [0, 0.1) is 0 Å². The van der Waals surface area contributed by atoms with Crippen molar-refractivity contribution in [1.82, 2.24) is 0 Å². The number of nitrogens with two attached hydrogens (primary N) is 1. The van der Waals surface area contributed by atoms with E-state index in [0.29, 0.717) is 6.54 Å². The summed E-state index contributed by atoms with van der Waals surface area (Å²) in [6, 6.07) is 5.62. The zero-order valence-electron chi connectivity index (χ0n) is 10.4. The summed E-state index contributed by atoms with van der Waals surface area (Å²) in [4.78, 5) is 2.13. The molecule has 3 N–H and O–H groups in total. The van der Waals surface area contributed by atoms with Crippen molar-refractivity contribution < 1.29 is 9.84 Å². The first kappa shape index (κ1) is 12.0. The lowest BCUT2D eigenvalue weighted by Gasteiger charge is -2.38. The molecule has 0 saturated carbocycles. The molecule has 1 unspecified atom stereocenters. The topological polar surface area (TPSA) is 58.7 Å². The minimum atomic E-state index is -0.631. The molecule has 0 amide bonds. The molecule has 0 radical (unpaired) electrons. The van der Waals surface area contributed by atoms with Gasteiger partial charge in [0, 0.05) is 19.2 Å². The number of benzene rings is 1. The van der Waals surface area contributed by atoms with Gasteiger partial charge in [0.15, 0.2) is 0 Å². The van der Waals surface area contributed by atoms with E-state index in [9.17, 15) is 5.11 Å². The number of methoxy groups -OCH3 is 1. The molecule has 1 fully saturated rings. The lowest BCUT2D eigenvalue weighted by atomic mass is 9.94. The molecular formula is C13H20N2O2. The van der Waals surface area contributed by atoms with Crippen LogP contribution in [0.5, 0.6) is 5.75 Å². The molecule has 1 heterocycles. The highest BCUT2D eigenvalue weighted by molar-refractivity contribution is 5.70. The lowest BCUT2D eigenvalue weighted by Crippen LogP contribution is -2.46. The van der Waals surface area contributed by atoms with Gasteiger partial charge in [-0.05, 0) is 31.9 Å². The Labute approximate surface area is 102 Å². The summed E-state index contributed by atoms with van der Waals surface area (Å²) in [5.74, 6) is 0.791. The maximum absolute atomic E-state index is 10.1. The highest BCUT2D eigenvalue weighted by atomic mass is 16.5. The number of nitrogen functional groups attached to an aromatic ring is 1. The van der Waals surface area contributed by atoms with Crippen LogP contribution in [0.3, 0.4) is 0 Å². The van der Waals surface area contributed by atoms with Crippen molar-refractivity contribution in [2.75, 3.05) is 30.8 Å². The van der Waals surface area contributed by atoms with Gasteiger partial charge < -0.3 is 20.5 Å². The van der Waals surface area contributed by atoms with E-state index >= 15 is 0 Å². The number of anilines is 2. The quantitative estimate of drug-likeness (QED) is 0.766. The van der Waals surface area contributed by atoms with E-state index in [0.717, 1.165) is 36.5 Å². The molecule has 1 atom stereocenters. The Morgan fingerprint density at radius 3 is 2.88 bits per heavy atom. The number of nitrogens with zero attached hydrogens (tertiary/aromatic N) is 1. The number of aliphatic hydroxyl groups is 1. The van der Waals surface area contributed by atoms with Gasteiger partial charge in [0.1, 0.15) is 5.75 Å². The summed E-state index contributed by atoms with van der Waals surface area (Å²) < 4.78 is 5.21. The summed E-state index contributed by atoms with van der Waals surface area (Å²) in [6.07, 6.45) is 1.82. The molecule has 94 valence electrons. The highest BCUT2D eigenvalue weighted by Crippen LogP contribution is 2.32. The predicted octanol–water partition coefficient (Wildman–Crippen LogP) is 1.63. The maximum atomic E-state index is 10.1. The monoisotopic (exact) mass is 236 g/mol. The Kier molecular flexibility index (Phi) is 3.15. The van der Waals surface area contributed by atoms with E-state index < -0.39 is 5.60 Å². The molecule has 4 heteroatoms. The van der Waals surface area contributed by atoms with Crippen LogP contribution in [-0.4, -0.2) is 30.9 Å². The smallest absolute Gasteiger partial charge is 0.121 e. The third-order valence-electron chi connectivity index (χ3n) is 3.25. The van der Waals surface area contributed by atoms with Gasteiger partial charge in [-0.1, -0.05) is 0 Å². The van der Waals surface area contributed by atoms with Crippen molar-refractivity contribution >= 4 is 11.4 Å². The van der Waals surface area contributed by atoms with Crippen LogP contribution in [0.25, 0.3) is 0 Å². The van der Waals surface area contributed by atoms with Gasteiger partial charge in [-0.15, -0.1) is 0 Å². The van der Waals surface area contributed by atoms with E-state index in [1.54, 1.807) is 7.11 Å². The first-order chi connectivity index (χ1) is 8.02. The first-order valence-corrected chi connectivity index (χ1v) is 5.93. The molecule has 1 aliphatic heterocycles. The van der Waals surface area contributed by atoms with Gasteiger partial charge in [-0.25, -0.2) is 0 Å². The molecule has 17 heavy (non-hydrogen) atoms. The van der Waals surface area contributed by atoms with Crippen molar-refractivity contribution in [2.45, 2.75) is 25.4 Å². The highest BCUT2D eigenvalue weighted by Gasteiger charge is 2.29. The third kappa shape index (κ3) is 2.64. The van der Waals surface area contributed by atoms with Crippen LogP contribution in [0.2, 0.25) is 0 Å². The molecule has 0 aromatic heterocycles. The second kappa shape index (κ2) is 4.45. The van der Waals surface area contributed by atoms with E-state index in [2.05, 4.69) is 4.90 Å². The summed E-state index contributed by atoms with van der Waals surface area (Å²) in [5.41, 5.74) is 7.03. The average Bonchev–Trinajstić information content (AvgIpc) is 2.28. The van der Waals surface area contributed by atoms with Crippen LogP contribution in [0.1, 0.15) is 19.8 Å². The summed E-state index contributed by atoms with van der Waals surface area (Å²) in [7, 11) is 1.64. The minimum absolute atomic E-state index is 0.615. The Morgan fingerprint density at radius 1 is 1.47 bits per heavy atom. The molecule has 0 bridgehead atoms. The normalized spacial score (nSPS) is 24.8. The van der Waals surface area contributed by atoms with E-state index in [1.807, 2.05) is 25.1 Å². The third-order valence-corrected chi connectivity index (χ3v) is 3.25. The number of ether oxygens (including phenoxy) is 1. The molecule has 0 spiro atoms. The van der Waals surface area contributed by atoms with Crippen molar-refractivity contribution in [2.24, 2.45) is 0 Å². The van der Waals surface area contributed by atoms with Crippen molar-refractivity contribution in [3.8, 4) is 5.75 Å². The zero-order valence-corrected chi connectivity index (χ0v) is 10.4. The largest absolute Gasteiger partial charge is 0.497 e. The first-order valence-electron chi connectivity index (χ1n) is 5.93. The Hall–Kier alpha value is -1.42. The van der Waals surface area contributed by atoms with Gasteiger partial charge in [0.2, 0.25) is 0 Å². The van der Waals surface area contributed by atoms with Gasteiger partial charge in [-0.2, -0.15) is 0 Å². The summed E-state index contributed by atoms with van der Waals surface area (Å²) >= 11 is 0. The second-order valence-electron chi connectivity index (χ2n) is 4.95. The molecule has 1 aliphatic rings. The van der Waals surface area contributed by atoms with Crippen LogP contribution < -0.4 is 15.4 Å². The molecule has 0 aliphatic carbocycles. The lowest BCUT2D eigenvalue weighted by molar-refractivity contribution is 0.0449. The Balaban J connectivity index is 2.26. The van der Waals surface area contributed by atoms with Crippen molar-refractivity contribution in [3.63, 3.8) is 0 Å². The second-order valence-corrected chi connectivity index (χ2v) is 4.95. The van der Waals surface area contributed by atoms with Crippen LogP contribution in [-0.2, 0) is 0 Å². The molecular weight excluding hydrogens is 216 g/mol. The zero-order chi connectivity index (χ0) is 12.5. The number of rotatable bonds is 2. The number of piperidine rings is 1. The molecule has 2 rings (SSSR count). The van der Waals surface area contributed by atoms with Crippen LogP contribution in [0.15, 0.2) is 18.2 Å². The van der Waals surface area contributed by atoms with Gasteiger partial charge in [0.25, 0.3) is 0 Å².